The number of carbonyl (C=O) groups excluding carboxylic acids is 1. The Bertz CT molecular complexity index is 356. The lowest BCUT2D eigenvalue weighted by atomic mass is 9.80. The van der Waals surface area contributed by atoms with Crippen molar-refractivity contribution in [2.45, 2.75) is 19.8 Å². The van der Waals surface area contributed by atoms with Gasteiger partial charge in [-0.2, -0.15) is 0 Å². The van der Waals surface area contributed by atoms with Crippen LogP contribution in [0.5, 0.6) is 0 Å². The lowest BCUT2D eigenvalue weighted by Crippen LogP contribution is -2.46. The van der Waals surface area contributed by atoms with E-state index in [2.05, 4.69) is 6.92 Å². The van der Waals surface area contributed by atoms with Crippen LogP contribution in [0.15, 0.2) is 0 Å². The molecule has 5 nitrogen and oxygen atoms in total. The van der Waals surface area contributed by atoms with E-state index >= 15 is 0 Å². The molecule has 0 aromatic rings. The van der Waals surface area contributed by atoms with Crippen molar-refractivity contribution in [3.05, 3.63) is 0 Å². The van der Waals surface area contributed by atoms with E-state index in [9.17, 15) is 13.2 Å². The Morgan fingerprint density at radius 2 is 1.88 bits per heavy atom. The van der Waals surface area contributed by atoms with E-state index in [0.29, 0.717) is 19.6 Å². The summed E-state index contributed by atoms with van der Waals surface area (Å²) in [4.78, 5) is 13.3. The van der Waals surface area contributed by atoms with Crippen molar-refractivity contribution in [1.29, 1.82) is 0 Å². The number of nitrogens with zero attached hydrogens (tertiary/aromatic N) is 1. The standard InChI is InChI=1S/C10H20N2O3S/c1-10(8-11)3-5-12(6-4-10)9(13)7-16(2,14)15/h3-8,11H2,1-2H3. The van der Waals surface area contributed by atoms with E-state index in [-0.39, 0.29) is 17.1 Å². The zero-order chi connectivity index (χ0) is 12.4. The molecule has 0 unspecified atom stereocenters. The predicted octanol–water partition coefficient (Wildman–Crippen LogP) is -0.382. The third-order valence-electron chi connectivity index (χ3n) is 3.20. The summed E-state index contributed by atoms with van der Waals surface area (Å²) in [5.41, 5.74) is 5.76. The quantitative estimate of drug-likeness (QED) is 0.738. The second kappa shape index (κ2) is 4.71. The van der Waals surface area contributed by atoms with Gasteiger partial charge in [0.1, 0.15) is 5.75 Å². The maximum Gasteiger partial charge on any atom is 0.237 e. The molecule has 0 aliphatic carbocycles. The highest BCUT2D eigenvalue weighted by Gasteiger charge is 2.31. The van der Waals surface area contributed by atoms with Gasteiger partial charge in [0.15, 0.2) is 9.84 Å². The molecular formula is C10H20N2O3S. The number of sulfone groups is 1. The third kappa shape index (κ3) is 3.75. The van der Waals surface area contributed by atoms with Gasteiger partial charge in [-0.05, 0) is 24.8 Å². The van der Waals surface area contributed by atoms with E-state index in [1.807, 2.05) is 0 Å². The second-order valence-corrected chi connectivity index (χ2v) is 7.11. The monoisotopic (exact) mass is 248 g/mol. The first kappa shape index (κ1) is 13.4. The van der Waals surface area contributed by atoms with Gasteiger partial charge in [0, 0.05) is 19.3 Å². The Labute approximate surface area is 96.9 Å². The van der Waals surface area contributed by atoms with Crippen molar-refractivity contribution < 1.29 is 13.2 Å². The Kier molecular flexibility index (Phi) is 3.96. The van der Waals surface area contributed by atoms with Crippen LogP contribution < -0.4 is 5.73 Å². The molecule has 0 aromatic carbocycles. The van der Waals surface area contributed by atoms with Crippen LogP contribution in [0, 0.1) is 5.41 Å². The molecule has 1 aliphatic heterocycles. The fourth-order valence-electron chi connectivity index (χ4n) is 1.82. The summed E-state index contributed by atoms with van der Waals surface area (Å²) in [5, 5.41) is 0. The lowest BCUT2D eigenvalue weighted by molar-refractivity contribution is -0.130. The SMILES string of the molecule is CC1(CN)CCN(C(=O)CS(C)(=O)=O)CC1. The highest BCUT2D eigenvalue weighted by atomic mass is 32.2. The topological polar surface area (TPSA) is 80.5 Å². The maximum absolute atomic E-state index is 11.6. The third-order valence-corrected chi connectivity index (χ3v) is 3.97. The van der Waals surface area contributed by atoms with E-state index in [4.69, 9.17) is 5.73 Å². The summed E-state index contributed by atoms with van der Waals surface area (Å²) in [5.74, 6) is -0.673. The van der Waals surface area contributed by atoms with E-state index < -0.39 is 9.84 Å². The normalized spacial score (nSPS) is 20.8. The molecule has 1 rings (SSSR count). The fraction of sp³-hybridized carbons (Fsp3) is 0.900. The molecule has 1 fully saturated rings. The molecule has 1 saturated heterocycles. The number of carbonyl (C=O) groups is 1. The number of hydrogen-bond donors (Lipinski definition) is 1. The average Bonchev–Trinajstić information content (AvgIpc) is 2.16. The van der Waals surface area contributed by atoms with Crippen LogP contribution in [0.3, 0.4) is 0 Å². The van der Waals surface area contributed by atoms with Gasteiger partial charge in [-0.15, -0.1) is 0 Å². The molecule has 0 aromatic heterocycles. The van der Waals surface area contributed by atoms with Crippen molar-refractivity contribution >= 4 is 15.7 Å². The summed E-state index contributed by atoms with van der Waals surface area (Å²) < 4.78 is 22.0. The van der Waals surface area contributed by atoms with E-state index in [1.54, 1.807) is 4.90 Å². The van der Waals surface area contributed by atoms with Crippen LogP contribution in [0.1, 0.15) is 19.8 Å². The minimum atomic E-state index is -3.22. The van der Waals surface area contributed by atoms with Gasteiger partial charge in [-0.3, -0.25) is 4.79 Å². The highest BCUT2D eigenvalue weighted by Crippen LogP contribution is 2.29. The first-order valence-corrected chi connectivity index (χ1v) is 7.47. The molecule has 16 heavy (non-hydrogen) atoms. The van der Waals surface area contributed by atoms with Gasteiger partial charge >= 0.3 is 0 Å². The van der Waals surface area contributed by atoms with Crippen LogP contribution in [0.2, 0.25) is 0 Å². The number of nitrogens with two attached hydrogens (primary N) is 1. The molecule has 0 radical (unpaired) electrons. The zero-order valence-electron chi connectivity index (χ0n) is 9.90. The summed E-state index contributed by atoms with van der Waals surface area (Å²) in [6.45, 7) is 3.94. The summed E-state index contributed by atoms with van der Waals surface area (Å²) in [6, 6.07) is 0. The predicted molar refractivity (Wildman–Crippen MR) is 62.7 cm³/mol. The average molecular weight is 248 g/mol. The van der Waals surface area contributed by atoms with Crippen LogP contribution in [-0.4, -0.2) is 50.9 Å². The highest BCUT2D eigenvalue weighted by molar-refractivity contribution is 7.91. The molecular weight excluding hydrogens is 228 g/mol. The van der Waals surface area contributed by atoms with Gasteiger partial charge in [0.05, 0.1) is 0 Å². The summed E-state index contributed by atoms with van der Waals surface area (Å²) in [7, 11) is -3.22. The van der Waals surface area contributed by atoms with Gasteiger partial charge in [-0.25, -0.2) is 8.42 Å². The summed E-state index contributed by atoms with van der Waals surface area (Å²) >= 11 is 0. The molecule has 0 saturated carbocycles. The molecule has 2 N–H and O–H groups in total. The second-order valence-electron chi connectivity index (χ2n) is 4.97. The molecule has 94 valence electrons. The Morgan fingerprint density at radius 3 is 2.25 bits per heavy atom. The molecule has 0 spiro atoms. The lowest BCUT2D eigenvalue weighted by Gasteiger charge is -2.38. The molecule has 0 atom stereocenters. The van der Waals surface area contributed by atoms with Gasteiger partial charge in [0.2, 0.25) is 5.91 Å². The van der Waals surface area contributed by atoms with E-state index in [1.165, 1.54) is 0 Å². The van der Waals surface area contributed by atoms with Crippen LogP contribution in [-0.2, 0) is 14.6 Å². The zero-order valence-corrected chi connectivity index (χ0v) is 10.7. The Hall–Kier alpha value is -0.620. The van der Waals surface area contributed by atoms with Crippen molar-refractivity contribution in [3.63, 3.8) is 0 Å². The van der Waals surface area contributed by atoms with Gasteiger partial charge in [0.25, 0.3) is 0 Å². The minimum Gasteiger partial charge on any atom is -0.342 e. The molecule has 1 amide bonds. The van der Waals surface area contributed by atoms with Gasteiger partial charge in [-0.1, -0.05) is 6.92 Å². The summed E-state index contributed by atoms with van der Waals surface area (Å²) in [6.07, 6.45) is 2.77. The number of rotatable bonds is 3. The van der Waals surface area contributed by atoms with E-state index in [0.717, 1.165) is 19.1 Å². The van der Waals surface area contributed by atoms with Crippen molar-refractivity contribution in [3.8, 4) is 0 Å². The maximum atomic E-state index is 11.6. The van der Waals surface area contributed by atoms with Crippen molar-refractivity contribution in [2.24, 2.45) is 11.1 Å². The molecule has 1 heterocycles. The van der Waals surface area contributed by atoms with Crippen LogP contribution in [0.25, 0.3) is 0 Å². The number of hydrogen-bond acceptors (Lipinski definition) is 4. The number of amides is 1. The van der Waals surface area contributed by atoms with Gasteiger partial charge < -0.3 is 10.6 Å². The Balaban J connectivity index is 2.51. The largest absolute Gasteiger partial charge is 0.342 e. The molecule has 0 bridgehead atoms. The Morgan fingerprint density at radius 1 is 1.38 bits per heavy atom. The first-order valence-electron chi connectivity index (χ1n) is 5.41. The minimum absolute atomic E-state index is 0.0991. The van der Waals surface area contributed by atoms with Crippen molar-refractivity contribution in [1.82, 2.24) is 4.90 Å². The number of piperidine rings is 1. The van der Waals surface area contributed by atoms with Crippen LogP contribution >= 0.6 is 0 Å². The number of likely N-dealkylation sites (tertiary alicyclic amines) is 1. The first-order chi connectivity index (χ1) is 7.26. The molecule has 6 heteroatoms. The fourth-order valence-corrected chi connectivity index (χ4v) is 2.45. The molecule has 1 aliphatic rings. The van der Waals surface area contributed by atoms with Crippen molar-refractivity contribution in [2.75, 3.05) is 31.6 Å². The smallest absolute Gasteiger partial charge is 0.237 e. The van der Waals surface area contributed by atoms with Crippen LogP contribution in [0.4, 0.5) is 0 Å².